The molecule has 0 heterocycles. The molecule has 3 aromatic rings. The topological polar surface area (TPSA) is 59.9 Å². The second-order valence-electron chi connectivity index (χ2n) is 6.46. The Labute approximate surface area is 171 Å². The van der Waals surface area contributed by atoms with Crippen LogP contribution in [0.5, 0.6) is 11.5 Å². The number of nitrogens with one attached hydrogen (secondary N) is 1. The molecule has 0 fully saturated rings. The summed E-state index contributed by atoms with van der Waals surface area (Å²) in [7, 11) is 0. The number of ether oxygens (including phenoxy) is 2. The number of rotatable bonds is 8. The molecule has 3 aromatic carbocycles. The second kappa shape index (κ2) is 10.1. The molecule has 0 bridgehead atoms. The number of carbonyl (C=O) groups is 1. The zero-order valence-electron chi connectivity index (χ0n) is 16.6. The van der Waals surface area contributed by atoms with Crippen LogP contribution in [0.3, 0.4) is 0 Å². The molecule has 0 unspecified atom stereocenters. The third-order valence-electron chi connectivity index (χ3n) is 4.06. The predicted molar refractivity (Wildman–Crippen MR) is 117 cm³/mol. The highest BCUT2D eigenvalue weighted by molar-refractivity contribution is 5.92. The fourth-order valence-corrected chi connectivity index (χ4v) is 2.66. The monoisotopic (exact) mass is 388 g/mol. The lowest BCUT2D eigenvalue weighted by Crippen LogP contribution is -2.20. The molecule has 29 heavy (non-hydrogen) atoms. The Bertz CT molecular complexity index is 964. The van der Waals surface area contributed by atoms with E-state index in [9.17, 15) is 4.79 Å². The molecule has 0 aliphatic rings. The van der Waals surface area contributed by atoms with Crippen molar-refractivity contribution in [2.45, 2.75) is 13.8 Å². The Kier molecular flexibility index (Phi) is 7.00. The zero-order valence-corrected chi connectivity index (χ0v) is 16.6. The quantitative estimate of drug-likeness (QED) is 0.542. The first-order chi connectivity index (χ1) is 14.1. The highest BCUT2D eigenvalue weighted by Gasteiger charge is 2.04. The van der Waals surface area contributed by atoms with Gasteiger partial charge in [0, 0.05) is 11.9 Å². The minimum absolute atomic E-state index is 0.0481. The number of hydrogen-bond acceptors (Lipinski definition) is 4. The molecule has 0 saturated heterocycles. The number of aryl methyl sites for hydroxylation is 1. The van der Waals surface area contributed by atoms with Gasteiger partial charge in [-0.25, -0.2) is 0 Å². The molecule has 0 aliphatic heterocycles. The maximum absolute atomic E-state index is 12.0. The maximum Gasteiger partial charge on any atom is 0.262 e. The minimum Gasteiger partial charge on any atom is -0.494 e. The van der Waals surface area contributed by atoms with Crippen molar-refractivity contribution < 1.29 is 14.3 Å². The predicted octanol–water partition coefficient (Wildman–Crippen LogP) is 5.16. The SMILES string of the molecule is CCOc1ccc(N=Cc2ccc(OCC(=O)Nc3cccc(C)c3)cc2)cc1. The van der Waals surface area contributed by atoms with E-state index in [0.29, 0.717) is 12.4 Å². The van der Waals surface area contributed by atoms with Crippen LogP contribution in [0.1, 0.15) is 18.1 Å². The van der Waals surface area contributed by atoms with E-state index in [1.54, 1.807) is 6.21 Å². The van der Waals surface area contributed by atoms with Gasteiger partial charge in [-0.2, -0.15) is 0 Å². The molecule has 5 heteroatoms. The zero-order chi connectivity index (χ0) is 20.5. The van der Waals surface area contributed by atoms with Gasteiger partial charge in [0.15, 0.2) is 6.61 Å². The first-order valence-electron chi connectivity index (χ1n) is 9.48. The average Bonchev–Trinajstić information content (AvgIpc) is 2.73. The summed E-state index contributed by atoms with van der Waals surface area (Å²) in [5, 5.41) is 2.82. The Hall–Kier alpha value is -3.60. The van der Waals surface area contributed by atoms with Crippen LogP contribution >= 0.6 is 0 Å². The average molecular weight is 388 g/mol. The molecule has 0 saturated carbocycles. The fraction of sp³-hybridized carbons (Fsp3) is 0.167. The smallest absolute Gasteiger partial charge is 0.262 e. The summed E-state index contributed by atoms with van der Waals surface area (Å²) in [5.41, 5.74) is 3.64. The van der Waals surface area contributed by atoms with Crippen LogP contribution in [0.25, 0.3) is 0 Å². The molecular formula is C24H24N2O3. The molecule has 148 valence electrons. The standard InChI is InChI=1S/C24H24N2O3/c1-3-28-22-13-9-20(10-14-22)25-16-19-7-11-23(12-8-19)29-17-24(27)26-21-6-4-5-18(2)15-21/h4-16H,3,17H2,1-2H3,(H,26,27). The van der Waals surface area contributed by atoms with Gasteiger partial charge in [-0.05, 0) is 85.6 Å². The Morgan fingerprint density at radius 1 is 0.966 bits per heavy atom. The summed E-state index contributed by atoms with van der Waals surface area (Å²) in [5.74, 6) is 1.26. The Morgan fingerprint density at radius 2 is 1.66 bits per heavy atom. The summed E-state index contributed by atoms with van der Waals surface area (Å²) in [4.78, 5) is 16.5. The Balaban J connectivity index is 1.50. The molecule has 0 aliphatic carbocycles. The first-order valence-corrected chi connectivity index (χ1v) is 9.48. The summed E-state index contributed by atoms with van der Waals surface area (Å²) in [6, 6.07) is 22.7. The van der Waals surface area contributed by atoms with Crippen LogP contribution in [0.15, 0.2) is 77.8 Å². The van der Waals surface area contributed by atoms with Gasteiger partial charge in [0.05, 0.1) is 12.3 Å². The maximum atomic E-state index is 12.0. The van der Waals surface area contributed by atoms with Crippen molar-refractivity contribution in [2.75, 3.05) is 18.5 Å². The molecule has 0 radical (unpaired) electrons. The van der Waals surface area contributed by atoms with Crippen LogP contribution in [-0.2, 0) is 4.79 Å². The molecule has 1 N–H and O–H groups in total. The van der Waals surface area contributed by atoms with E-state index in [1.807, 2.05) is 86.6 Å². The minimum atomic E-state index is -0.197. The van der Waals surface area contributed by atoms with Crippen molar-refractivity contribution in [2.24, 2.45) is 4.99 Å². The van der Waals surface area contributed by atoms with Crippen LogP contribution in [0.2, 0.25) is 0 Å². The summed E-state index contributed by atoms with van der Waals surface area (Å²) in [6.45, 7) is 4.53. The number of carbonyl (C=O) groups excluding carboxylic acids is 1. The van der Waals surface area contributed by atoms with Crippen LogP contribution in [-0.4, -0.2) is 25.3 Å². The van der Waals surface area contributed by atoms with Gasteiger partial charge in [-0.1, -0.05) is 12.1 Å². The van der Waals surface area contributed by atoms with E-state index in [-0.39, 0.29) is 12.5 Å². The second-order valence-corrected chi connectivity index (χ2v) is 6.46. The van der Waals surface area contributed by atoms with Crippen molar-refractivity contribution in [3.63, 3.8) is 0 Å². The number of amides is 1. The largest absolute Gasteiger partial charge is 0.494 e. The van der Waals surface area contributed by atoms with E-state index in [1.165, 1.54) is 0 Å². The molecule has 5 nitrogen and oxygen atoms in total. The molecule has 0 spiro atoms. The van der Waals surface area contributed by atoms with Crippen molar-refractivity contribution in [3.05, 3.63) is 83.9 Å². The lowest BCUT2D eigenvalue weighted by Gasteiger charge is -2.08. The molecule has 1 amide bonds. The van der Waals surface area contributed by atoms with Gasteiger partial charge in [-0.15, -0.1) is 0 Å². The van der Waals surface area contributed by atoms with Crippen molar-refractivity contribution in [1.82, 2.24) is 0 Å². The number of aliphatic imine (C=N–C) groups is 1. The van der Waals surface area contributed by atoms with E-state index < -0.39 is 0 Å². The summed E-state index contributed by atoms with van der Waals surface area (Å²) >= 11 is 0. The number of benzene rings is 3. The van der Waals surface area contributed by atoms with Gasteiger partial charge in [0.25, 0.3) is 5.91 Å². The van der Waals surface area contributed by atoms with E-state index in [4.69, 9.17) is 9.47 Å². The van der Waals surface area contributed by atoms with Crippen molar-refractivity contribution in [3.8, 4) is 11.5 Å². The van der Waals surface area contributed by atoms with Gasteiger partial charge < -0.3 is 14.8 Å². The lowest BCUT2D eigenvalue weighted by molar-refractivity contribution is -0.118. The van der Waals surface area contributed by atoms with Gasteiger partial charge in [0.1, 0.15) is 11.5 Å². The number of nitrogens with zero attached hydrogens (tertiary/aromatic N) is 1. The molecule has 0 aromatic heterocycles. The summed E-state index contributed by atoms with van der Waals surface area (Å²) < 4.78 is 11.0. The van der Waals surface area contributed by atoms with Gasteiger partial charge >= 0.3 is 0 Å². The number of anilines is 1. The fourth-order valence-electron chi connectivity index (χ4n) is 2.66. The van der Waals surface area contributed by atoms with E-state index in [2.05, 4.69) is 10.3 Å². The molecule has 0 atom stereocenters. The lowest BCUT2D eigenvalue weighted by atomic mass is 10.2. The summed E-state index contributed by atoms with van der Waals surface area (Å²) in [6.07, 6.45) is 1.78. The molecule has 3 rings (SSSR count). The highest BCUT2D eigenvalue weighted by atomic mass is 16.5. The Morgan fingerprint density at radius 3 is 2.34 bits per heavy atom. The van der Waals surface area contributed by atoms with E-state index in [0.717, 1.165) is 28.3 Å². The van der Waals surface area contributed by atoms with Crippen molar-refractivity contribution in [1.29, 1.82) is 0 Å². The number of hydrogen-bond donors (Lipinski definition) is 1. The third kappa shape index (κ3) is 6.50. The van der Waals surface area contributed by atoms with Crippen LogP contribution < -0.4 is 14.8 Å². The van der Waals surface area contributed by atoms with Crippen LogP contribution in [0.4, 0.5) is 11.4 Å². The highest BCUT2D eigenvalue weighted by Crippen LogP contribution is 2.18. The van der Waals surface area contributed by atoms with Crippen molar-refractivity contribution >= 4 is 23.5 Å². The third-order valence-corrected chi connectivity index (χ3v) is 4.06. The van der Waals surface area contributed by atoms with E-state index >= 15 is 0 Å². The first kappa shape index (κ1) is 20.1. The molecular weight excluding hydrogens is 364 g/mol. The van der Waals surface area contributed by atoms with Gasteiger partial charge in [-0.3, -0.25) is 9.79 Å². The van der Waals surface area contributed by atoms with Gasteiger partial charge in [0.2, 0.25) is 0 Å². The van der Waals surface area contributed by atoms with Crippen LogP contribution in [0, 0.1) is 6.92 Å². The normalized spacial score (nSPS) is 10.7.